The molecule has 0 aromatic heterocycles. The van der Waals surface area contributed by atoms with Crippen LogP contribution in [0.15, 0.2) is 0 Å². The summed E-state index contributed by atoms with van der Waals surface area (Å²) < 4.78 is 2.06. The summed E-state index contributed by atoms with van der Waals surface area (Å²) in [4.78, 5) is 10.7. The van der Waals surface area contributed by atoms with Crippen molar-refractivity contribution in [1.82, 2.24) is 8.43 Å². The number of amides is 1. The lowest BCUT2D eigenvalue weighted by atomic mass is 9.94. The van der Waals surface area contributed by atoms with E-state index >= 15 is 0 Å². The Morgan fingerprint density at radius 1 is 1.77 bits per heavy atom. The second kappa shape index (κ2) is 4.56. The molecule has 1 fully saturated rings. The number of nitrogens with one attached hydrogen (secondary N) is 1. The standard InChI is InChI=1S/C8H15IN2O2/c1-7(12)10-5-8(13)3-2-4-11(9)6-8/h13H,2-6H2,1H3,(H,10,12). The average molecular weight is 298 g/mol. The summed E-state index contributed by atoms with van der Waals surface area (Å²) in [6.45, 7) is 3.48. The van der Waals surface area contributed by atoms with Crippen LogP contribution in [0.5, 0.6) is 0 Å². The van der Waals surface area contributed by atoms with Gasteiger partial charge in [-0.2, -0.15) is 0 Å². The van der Waals surface area contributed by atoms with Crippen LogP contribution in [0.25, 0.3) is 0 Å². The predicted octanol–water partition coefficient (Wildman–Crippen LogP) is 0.299. The molecule has 0 spiro atoms. The van der Waals surface area contributed by atoms with Crippen molar-refractivity contribution in [2.24, 2.45) is 0 Å². The number of aliphatic hydroxyl groups is 1. The SMILES string of the molecule is CC(=O)NCC1(O)CCCN(I)C1. The number of nitrogens with zero attached hydrogens (tertiary/aromatic N) is 1. The van der Waals surface area contributed by atoms with Gasteiger partial charge in [0.05, 0.1) is 5.60 Å². The Hall–Kier alpha value is 0.120. The van der Waals surface area contributed by atoms with Gasteiger partial charge in [-0.25, -0.2) is 3.11 Å². The largest absolute Gasteiger partial charge is 0.387 e. The van der Waals surface area contributed by atoms with E-state index in [-0.39, 0.29) is 5.91 Å². The Morgan fingerprint density at radius 2 is 2.46 bits per heavy atom. The van der Waals surface area contributed by atoms with Gasteiger partial charge in [-0.15, -0.1) is 0 Å². The Balaban J connectivity index is 2.39. The Bertz CT molecular complexity index is 201. The van der Waals surface area contributed by atoms with Gasteiger partial charge in [0.25, 0.3) is 0 Å². The fraction of sp³-hybridized carbons (Fsp3) is 0.875. The first kappa shape index (κ1) is 11.2. The number of β-amino-alcohol motifs (C(OH)–C–C–N with tert-alkyl or cyclic N) is 1. The number of halogens is 1. The molecule has 1 rings (SSSR count). The summed E-state index contributed by atoms with van der Waals surface area (Å²) in [5.41, 5.74) is -0.731. The Kier molecular flexibility index (Phi) is 3.93. The lowest BCUT2D eigenvalue weighted by Crippen LogP contribution is -2.51. The zero-order chi connectivity index (χ0) is 9.90. The summed E-state index contributed by atoms with van der Waals surface area (Å²) in [5.74, 6) is -0.0843. The smallest absolute Gasteiger partial charge is 0.216 e. The van der Waals surface area contributed by atoms with Gasteiger partial charge in [-0.1, -0.05) is 0 Å². The van der Waals surface area contributed by atoms with Crippen molar-refractivity contribution in [1.29, 1.82) is 0 Å². The molecule has 13 heavy (non-hydrogen) atoms. The van der Waals surface area contributed by atoms with Crippen LogP contribution in [0.1, 0.15) is 19.8 Å². The van der Waals surface area contributed by atoms with Crippen molar-refractivity contribution < 1.29 is 9.90 Å². The molecule has 1 saturated heterocycles. The zero-order valence-corrected chi connectivity index (χ0v) is 9.87. The number of hydrogen-bond donors (Lipinski definition) is 2. The van der Waals surface area contributed by atoms with Crippen LogP contribution < -0.4 is 5.32 Å². The number of rotatable bonds is 2. The Labute approximate surface area is 92.2 Å². The third-order valence-electron chi connectivity index (χ3n) is 2.18. The normalized spacial score (nSPS) is 30.1. The van der Waals surface area contributed by atoms with E-state index in [4.69, 9.17) is 0 Å². The highest BCUT2D eigenvalue weighted by Gasteiger charge is 2.32. The fourth-order valence-electron chi connectivity index (χ4n) is 1.49. The van der Waals surface area contributed by atoms with E-state index in [1.807, 2.05) is 0 Å². The molecular weight excluding hydrogens is 283 g/mol. The second-order valence-electron chi connectivity index (χ2n) is 3.58. The maximum absolute atomic E-state index is 10.7. The van der Waals surface area contributed by atoms with E-state index in [2.05, 4.69) is 31.3 Å². The van der Waals surface area contributed by atoms with Crippen LogP contribution in [-0.4, -0.2) is 39.4 Å². The maximum atomic E-state index is 10.7. The van der Waals surface area contributed by atoms with E-state index in [0.29, 0.717) is 13.1 Å². The van der Waals surface area contributed by atoms with Crippen molar-refractivity contribution in [3.63, 3.8) is 0 Å². The second-order valence-corrected chi connectivity index (χ2v) is 4.95. The molecule has 1 heterocycles. The van der Waals surface area contributed by atoms with Crippen LogP contribution in [0, 0.1) is 0 Å². The first-order valence-electron chi connectivity index (χ1n) is 4.39. The molecule has 0 saturated carbocycles. The highest BCUT2D eigenvalue weighted by atomic mass is 127. The first-order chi connectivity index (χ1) is 6.02. The molecule has 1 amide bonds. The monoisotopic (exact) mass is 298 g/mol. The number of carbonyl (C=O) groups is 1. The van der Waals surface area contributed by atoms with E-state index in [1.165, 1.54) is 6.92 Å². The maximum Gasteiger partial charge on any atom is 0.216 e. The third-order valence-corrected chi connectivity index (χ3v) is 3.00. The van der Waals surface area contributed by atoms with Gasteiger partial charge in [-0.3, -0.25) is 4.79 Å². The lowest BCUT2D eigenvalue weighted by molar-refractivity contribution is -0.120. The summed E-state index contributed by atoms with van der Waals surface area (Å²) in [6.07, 6.45) is 1.76. The number of piperidine rings is 1. The molecule has 0 aromatic carbocycles. The Morgan fingerprint density at radius 3 is 3.00 bits per heavy atom. The van der Waals surface area contributed by atoms with Crippen molar-refractivity contribution >= 4 is 28.8 Å². The lowest BCUT2D eigenvalue weighted by Gasteiger charge is -2.36. The molecule has 0 bridgehead atoms. The molecule has 2 N–H and O–H groups in total. The van der Waals surface area contributed by atoms with Crippen LogP contribution in [0.4, 0.5) is 0 Å². The van der Waals surface area contributed by atoms with Crippen molar-refractivity contribution in [2.75, 3.05) is 19.6 Å². The summed E-state index contributed by atoms with van der Waals surface area (Å²) >= 11 is 2.20. The number of hydrogen-bond acceptors (Lipinski definition) is 3. The minimum atomic E-state index is -0.731. The molecule has 1 unspecified atom stereocenters. The molecule has 0 aromatic rings. The van der Waals surface area contributed by atoms with Gasteiger partial charge in [0.1, 0.15) is 0 Å². The molecule has 0 aliphatic carbocycles. The van der Waals surface area contributed by atoms with Gasteiger partial charge in [0, 0.05) is 49.4 Å². The van der Waals surface area contributed by atoms with Crippen LogP contribution >= 0.6 is 22.9 Å². The molecule has 0 radical (unpaired) electrons. The van der Waals surface area contributed by atoms with Gasteiger partial charge in [0.2, 0.25) is 5.91 Å². The molecular formula is C8H15IN2O2. The topological polar surface area (TPSA) is 52.6 Å². The molecule has 4 nitrogen and oxygen atoms in total. The highest BCUT2D eigenvalue weighted by Crippen LogP contribution is 2.22. The molecule has 5 heteroatoms. The molecule has 1 aliphatic rings. The van der Waals surface area contributed by atoms with Gasteiger partial charge >= 0.3 is 0 Å². The van der Waals surface area contributed by atoms with E-state index in [1.54, 1.807) is 0 Å². The summed E-state index contributed by atoms with van der Waals surface area (Å²) in [6, 6.07) is 0. The van der Waals surface area contributed by atoms with Crippen LogP contribution in [0.3, 0.4) is 0 Å². The van der Waals surface area contributed by atoms with Gasteiger partial charge in [-0.05, 0) is 12.8 Å². The van der Waals surface area contributed by atoms with E-state index in [0.717, 1.165) is 19.4 Å². The van der Waals surface area contributed by atoms with E-state index in [9.17, 15) is 9.90 Å². The summed E-state index contributed by atoms with van der Waals surface area (Å²) in [7, 11) is 0. The summed E-state index contributed by atoms with van der Waals surface area (Å²) in [5, 5.41) is 12.7. The van der Waals surface area contributed by atoms with Crippen molar-refractivity contribution in [3.05, 3.63) is 0 Å². The third kappa shape index (κ3) is 3.78. The van der Waals surface area contributed by atoms with Gasteiger partial charge in [0.15, 0.2) is 0 Å². The van der Waals surface area contributed by atoms with Crippen molar-refractivity contribution in [3.8, 4) is 0 Å². The zero-order valence-electron chi connectivity index (χ0n) is 7.72. The minimum absolute atomic E-state index is 0.0843. The molecule has 1 atom stereocenters. The van der Waals surface area contributed by atoms with Crippen LogP contribution in [0.2, 0.25) is 0 Å². The molecule has 76 valence electrons. The first-order valence-corrected chi connectivity index (χ1v) is 5.36. The number of carbonyl (C=O) groups excluding carboxylic acids is 1. The fourth-order valence-corrected chi connectivity index (χ4v) is 2.47. The quantitative estimate of drug-likeness (QED) is 0.569. The molecule has 1 aliphatic heterocycles. The highest BCUT2D eigenvalue weighted by molar-refractivity contribution is 14.1. The van der Waals surface area contributed by atoms with Gasteiger partial charge < -0.3 is 10.4 Å². The predicted molar refractivity (Wildman–Crippen MR) is 58.5 cm³/mol. The minimum Gasteiger partial charge on any atom is -0.387 e. The van der Waals surface area contributed by atoms with Crippen molar-refractivity contribution in [2.45, 2.75) is 25.4 Å². The van der Waals surface area contributed by atoms with E-state index < -0.39 is 5.60 Å². The average Bonchev–Trinajstić information content (AvgIpc) is 2.01. The van der Waals surface area contributed by atoms with Crippen LogP contribution in [-0.2, 0) is 4.79 Å².